The Morgan fingerprint density at radius 1 is 1.26 bits per heavy atom. The number of nitrogens with zero attached hydrogens (tertiary/aromatic N) is 1. The Labute approximate surface area is 130 Å². The molecule has 0 radical (unpaired) electrons. The van der Waals surface area contributed by atoms with Gasteiger partial charge >= 0.3 is 6.09 Å². The molecule has 1 amide bonds. The summed E-state index contributed by atoms with van der Waals surface area (Å²) in [5, 5.41) is 12.8. The van der Waals surface area contributed by atoms with Gasteiger partial charge in [0.15, 0.2) is 0 Å². The number of imidazole rings is 1. The van der Waals surface area contributed by atoms with E-state index in [2.05, 4.69) is 20.0 Å². The van der Waals surface area contributed by atoms with Crippen LogP contribution in [0, 0.1) is 5.82 Å². The van der Waals surface area contributed by atoms with Crippen LogP contribution < -0.4 is 5.32 Å². The number of hydrogen-bond donors (Lipinski definition) is 3. The maximum atomic E-state index is 13.0. The second-order valence-corrected chi connectivity index (χ2v) is 4.93. The molecule has 1 atom stereocenters. The van der Waals surface area contributed by atoms with Crippen LogP contribution >= 0.6 is 0 Å². The summed E-state index contributed by atoms with van der Waals surface area (Å²) in [6, 6.07) is 10.8. The lowest BCUT2D eigenvalue weighted by Crippen LogP contribution is -2.11. The lowest BCUT2D eigenvalue weighted by atomic mass is 10.0. The van der Waals surface area contributed by atoms with Crippen LogP contribution in [0.4, 0.5) is 15.1 Å². The van der Waals surface area contributed by atoms with Crippen molar-refractivity contribution in [3.05, 3.63) is 59.4 Å². The highest BCUT2D eigenvalue weighted by Crippen LogP contribution is 2.25. The fraction of sp³-hybridized carbons (Fsp3) is 0.125. The van der Waals surface area contributed by atoms with Gasteiger partial charge < -0.3 is 14.8 Å². The van der Waals surface area contributed by atoms with Crippen LogP contribution in [0.2, 0.25) is 0 Å². The fourth-order valence-corrected chi connectivity index (χ4v) is 2.24. The van der Waals surface area contributed by atoms with Crippen LogP contribution in [0.5, 0.6) is 0 Å². The second kappa shape index (κ2) is 6.05. The Morgan fingerprint density at radius 2 is 1.96 bits per heavy atom. The highest BCUT2D eigenvalue weighted by molar-refractivity contribution is 5.86. The van der Waals surface area contributed by atoms with Gasteiger partial charge in [0.05, 0.1) is 18.1 Å². The smallest absolute Gasteiger partial charge is 0.413 e. The Morgan fingerprint density at radius 3 is 2.65 bits per heavy atom. The van der Waals surface area contributed by atoms with Crippen molar-refractivity contribution in [3.8, 4) is 0 Å². The molecule has 3 aromatic rings. The number of aromatic nitrogens is 2. The molecular formula is C16H14FN3O3. The molecule has 0 aliphatic rings. The maximum Gasteiger partial charge on any atom is 0.413 e. The van der Waals surface area contributed by atoms with Crippen LogP contribution in [-0.2, 0) is 4.74 Å². The first-order valence-corrected chi connectivity index (χ1v) is 6.85. The number of aliphatic hydroxyl groups is 1. The molecule has 0 bridgehead atoms. The highest BCUT2D eigenvalue weighted by Gasteiger charge is 2.13. The molecule has 0 spiro atoms. The number of carbonyl (C=O) groups is 1. The summed E-state index contributed by atoms with van der Waals surface area (Å²) < 4.78 is 17.5. The number of aliphatic hydroxyl groups excluding tert-OH is 1. The number of carbonyl (C=O) groups excluding carboxylic acids is 1. The molecule has 2 aromatic carbocycles. The number of aromatic amines is 1. The van der Waals surface area contributed by atoms with E-state index in [0.717, 1.165) is 0 Å². The van der Waals surface area contributed by atoms with Gasteiger partial charge in [-0.15, -0.1) is 0 Å². The summed E-state index contributed by atoms with van der Waals surface area (Å²) in [4.78, 5) is 18.3. The van der Waals surface area contributed by atoms with Gasteiger partial charge in [-0.25, -0.2) is 14.2 Å². The Hall–Kier alpha value is -2.93. The number of hydrogen-bond acceptors (Lipinski definition) is 4. The zero-order chi connectivity index (χ0) is 16.4. The van der Waals surface area contributed by atoms with E-state index in [0.29, 0.717) is 22.2 Å². The molecule has 0 aliphatic carbocycles. The molecular weight excluding hydrogens is 301 g/mol. The number of amides is 1. The van der Waals surface area contributed by atoms with Crippen LogP contribution in [0.1, 0.15) is 17.2 Å². The van der Waals surface area contributed by atoms with E-state index in [1.807, 2.05) is 0 Å². The minimum absolute atomic E-state index is 0.250. The molecule has 0 fully saturated rings. The fourth-order valence-electron chi connectivity index (χ4n) is 2.24. The van der Waals surface area contributed by atoms with Crippen molar-refractivity contribution in [3.63, 3.8) is 0 Å². The SMILES string of the molecule is COC(=O)Nc1nc2ccc([C@@H](O)c3ccc(F)cc3)cc2[nH]1. The lowest BCUT2D eigenvalue weighted by Gasteiger charge is -2.11. The molecule has 118 valence electrons. The predicted octanol–water partition coefficient (Wildman–Crippen LogP) is 2.96. The van der Waals surface area contributed by atoms with Crippen molar-refractivity contribution >= 4 is 23.1 Å². The maximum absolute atomic E-state index is 13.0. The zero-order valence-electron chi connectivity index (χ0n) is 12.2. The molecule has 1 heterocycles. The van der Waals surface area contributed by atoms with Gasteiger partial charge in [0.1, 0.15) is 11.9 Å². The molecule has 6 nitrogen and oxygen atoms in total. The molecule has 3 N–H and O–H groups in total. The van der Waals surface area contributed by atoms with Gasteiger partial charge in [-0.3, -0.25) is 5.32 Å². The van der Waals surface area contributed by atoms with Gasteiger partial charge in [-0.2, -0.15) is 0 Å². The van der Waals surface area contributed by atoms with E-state index >= 15 is 0 Å². The third-order valence-electron chi connectivity index (χ3n) is 3.41. The lowest BCUT2D eigenvalue weighted by molar-refractivity contribution is 0.186. The Bertz CT molecular complexity index is 845. The summed E-state index contributed by atoms with van der Waals surface area (Å²) in [7, 11) is 1.26. The third-order valence-corrected chi connectivity index (χ3v) is 3.41. The van der Waals surface area contributed by atoms with Crippen molar-refractivity contribution in [1.82, 2.24) is 9.97 Å². The van der Waals surface area contributed by atoms with Gasteiger partial charge in [0, 0.05) is 0 Å². The highest BCUT2D eigenvalue weighted by atomic mass is 19.1. The van der Waals surface area contributed by atoms with Crippen LogP contribution in [0.25, 0.3) is 11.0 Å². The first-order valence-electron chi connectivity index (χ1n) is 6.85. The summed E-state index contributed by atoms with van der Waals surface area (Å²) in [5.74, 6) is -0.108. The Kier molecular flexibility index (Phi) is 3.94. The number of ether oxygens (including phenoxy) is 1. The first kappa shape index (κ1) is 15.0. The average molecular weight is 315 g/mol. The monoisotopic (exact) mass is 315 g/mol. The summed E-state index contributed by atoms with van der Waals surface area (Å²) >= 11 is 0. The van der Waals surface area contributed by atoms with E-state index in [9.17, 15) is 14.3 Å². The number of fused-ring (bicyclic) bond motifs is 1. The van der Waals surface area contributed by atoms with E-state index in [1.165, 1.54) is 31.4 Å². The van der Waals surface area contributed by atoms with E-state index < -0.39 is 12.2 Å². The van der Waals surface area contributed by atoms with Crippen LogP contribution in [0.15, 0.2) is 42.5 Å². The minimum atomic E-state index is -0.889. The van der Waals surface area contributed by atoms with Crippen molar-refractivity contribution < 1.29 is 19.0 Å². The van der Waals surface area contributed by atoms with Gasteiger partial charge in [0.25, 0.3) is 0 Å². The molecule has 23 heavy (non-hydrogen) atoms. The number of halogens is 1. The van der Waals surface area contributed by atoms with Crippen molar-refractivity contribution in [2.45, 2.75) is 6.10 Å². The quantitative estimate of drug-likeness (QED) is 0.693. The number of methoxy groups -OCH3 is 1. The number of anilines is 1. The minimum Gasteiger partial charge on any atom is -0.453 e. The molecule has 1 aromatic heterocycles. The van der Waals surface area contributed by atoms with Gasteiger partial charge in [-0.05, 0) is 35.4 Å². The number of rotatable bonds is 3. The van der Waals surface area contributed by atoms with Crippen molar-refractivity contribution in [1.29, 1.82) is 0 Å². The number of nitrogens with one attached hydrogen (secondary N) is 2. The molecule has 0 saturated heterocycles. The van der Waals surface area contributed by atoms with E-state index in [-0.39, 0.29) is 11.8 Å². The number of H-pyrrole nitrogens is 1. The van der Waals surface area contributed by atoms with Gasteiger partial charge in [-0.1, -0.05) is 18.2 Å². The van der Waals surface area contributed by atoms with Gasteiger partial charge in [0.2, 0.25) is 5.95 Å². The van der Waals surface area contributed by atoms with E-state index in [4.69, 9.17) is 0 Å². The van der Waals surface area contributed by atoms with Crippen molar-refractivity contribution in [2.24, 2.45) is 0 Å². The normalized spacial score (nSPS) is 12.1. The first-order chi connectivity index (χ1) is 11.1. The molecule has 7 heteroatoms. The average Bonchev–Trinajstić information content (AvgIpc) is 2.96. The topological polar surface area (TPSA) is 87.2 Å². The second-order valence-electron chi connectivity index (χ2n) is 4.93. The van der Waals surface area contributed by atoms with Crippen molar-refractivity contribution in [2.75, 3.05) is 12.4 Å². The van der Waals surface area contributed by atoms with Crippen LogP contribution in [0.3, 0.4) is 0 Å². The largest absolute Gasteiger partial charge is 0.453 e. The summed E-state index contributed by atoms with van der Waals surface area (Å²) in [6.07, 6.45) is -1.52. The third kappa shape index (κ3) is 3.14. The zero-order valence-corrected chi connectivity index (χ0v) is 12.2. The molecule has 0 aliphatic heterocycles. The van der Waals surface area contributed by atoms with E-state index in [1.54, 1.807) is 18.2 Å². The summed E-state index contributed by atoms with van der Waals surface area (Å²) in [6.45, 7) is 0. The number of benzene rings is 2. The van der Waals surface area contributed by atoms with Crippen LogP contribution in [-0.4, -0.2) is 28.3 Å². The standard InChI is InChI=1S/C16H14FN3O3/c1-23-16(22)20-15-18-12-7-4-10(8-13(12)19-15)14(21)9-2-5-11(17)6-3-9/h2-8,14,21H,1H3,(H2,18,19,20,22)/t14-/m0/s1. The molecule has 0 unspecified atom stereocenters. The molecule has 3 rings (SSSR count). The summed E-state index contributed by atoms with van der Waals surface area (Å²) in [5.41, 5.74) is 2.48. The Balaban J connectivity index is 1.90. The molecule has 0 saturated carbocycles. The predicted molar refractivity (Wildman–Crippen MR) is 82.6 cm³/mol.